The van der Waals surface area contributed by atoms with E-state index >= 15 is 0 Å². The van der Waals surface area contributed by atoms with E-state index < -0.39 is 59.0 Å². The Kier molecular flexibility index (Phi) is 10.8. The number of carboxylic acid groups (broad SMARTS) is 2. The number of likely N-dealkylation sites (tertiary alicyclic amines) is 2. The molecule has 2 aliphatic heterocycles. The molecule has 4 rings (SSSR count). The lowest BCUT2D eigenvalue weighted by Crippen LogP contribution is -2.55. The summed E-state index contributed by atoms with van der Waals surface area (Å²) in [5.41, 5.74) is -2.34. The average Bonchev–Trinajstić information content (AvgIpc) is 3.67. The third kappa shape index (κ3) is 7.06. The van der Waals surface area contributed by atoms with Crippen LogP contribution in [0.3, 0.4) is 0 Å². The Morgan fingerprint density at radius 2 is 0.977 bits per heavy atom. The van der Waals surface area contributed by atoms with Gasteiger partial charge in [0.05, 0.1) is 12.1 Å². The predicted molar refractivity (Wildman–Crippen MR) is 160 cm³/mol. The van der Waals surface area contributed by atoms with Crippen LogP contribution >= 0.6 is 0 Å². The normalized spacial score (nSPS) is 35.0. The van der Waals surface area contributed by atoms with Crippen LogP contribution in [0.1, 0.15) is 67.2 Å². The maximum atomic E-state index is 12.5. The molecule has 2 saturated carbocycles. The zero-order chi connectivity index (χ0) is 33.3. The number of hydrogen-bond acceptors (Lipinski definition) is 8. The molecule has 2 saturated heterocycles. The van der Waals surface area contributed by atoms with E-state index in [1.165, 1.54) is 9.80 Å². The van der Waals surface area contributed by atoms with Crippen molar-refractivity contribution >= 4 is 51.5 Å². The quantitative estimate of drug-likeness (QED) is 0.158. The molecule has 4 unspecified atom stereocenters. The van der Waals surface area contributed by atoms with Crippen LogP contribution in [0.15, 0.2) is 0 Å². The Bertz CT molecular complexity index is 1090. The van der Waals surface area contributed by atoms with Gasteiger partial charge in [-0.25, -0.2) is 9.59 Å². The van der Waals surface area contributed by atoms with Crippen molar-refractivity contribution in [3.63, 3.8) is 0 Å². The molecule has 0 aromatic rings. The Labute approximate surface area is 260 Å². The van der Waals surface area contributed by atoms with Crippen LogP contribution in [0, 0.1) is 23.7 Å². The van der Waals surface area contributed by atoms with Gasteiger partial charge in [0.2, 0.25) is 23.6 Å². The molecule has 4 radical (unpaired) electrons. The van der Waals surface area contributed by atoms with E-state index in [1.807, 2.05) is 13.8 Å². The number of carbonyl (C=O) groups excluding carboxylic acids is 4. The summed E-state index contributed by atoms with van der Waals surface area (Å²) in [5.74, 6) is -3.15. The smallest absolute Gasteiger partial charge is 0.329 e. The minimum atomic E-state index is -1.17. The highest BCUT2D eigenvalue weighted by molar-refractivity contribution is 6.07. The molecule has 4 fully saturated rings. The fourth-order valence-corrected chi connectivity index (χ4v) is 6.22. The van der Waals surface area contributed by atoms with E-state index in [1.54, 1.807) is 27.7 Å². The fraction of sp³-hybridized carbons (Fsp3) is 0.786. The summed E-state index contributed by atoms with van der Waals surface area (Å²) >= 11 is 0. The highest BCUT2D eigenvalue weighted by Crippen LogP contribution is 2.44. The minimum Gasteiger partial charge on any atom is -0.479 e. The highest BCUT2D eigenvalue weighted by Gasteiger charge is 2.61. The lowest BCUT2D eigenvalue weighted by molar-refractivity contribution is -0.146. The molecule has 4 amide bonds. The molecule has 0 bridgehead atoms. The molecule has 6 N–H and O–H groups in total. The van der Waals surface area contributed by atoms with E-state index in [0.717, 1.165) is 0 Å². The van der Waals surface area contributed by atoms with Crippen molar-refractivity contribution < 1.29 is 39.0 Å². The summed E-state index contributed by atoms with van der Waals surface area (Å²) in [4.78, 5) is 75.3. The van der Waals surface area contributed by atoms with Gasteiger partial charge in [0, 0.05) is 13.1 Å². The molecule has 2 aliphatic carbocycles. The molecule has 0 spiro atoms. The van der Waals surface area contributed by atoms with Crippen LogP contribution in [0.25, 0.3) is 0 Å². The Morgan fingerprint density at radius 3 is 1.20 bits per heavy atom. The molecule has 44 heavy (non-hydrogen) atoms. The van der Waals surface area contributed by atoms with E-state index in [4.69, 9.17) is 16.0 Å². The van der Waals surface area contributed by atoms with Crippen LogP contribution in [-0.4, -0.2) is 120 Å². The SMILES string of the molecule is [B]N[C@@H](C)C(=O)N1C[C@H](C)C[C@H]1C(=O)NC1(C(=O)O)CC1C.[B]N[C@@H](C)C(=O)N1C[C@H](C)C[C@H]1C(=O)NC1(C(=O)O)CC1C. The lowest BCUT2D eigenvalue weighted by Gasteiger charge is -2.28. The molecule has 14 nitrogen and oxygen atoms in total. The Hall–Kier alpha value is -3.13. The third-order valence-corrected chi connectivity index (χ3v) is 9.51. The van der Waals surface area contributed by atoms with Gasteiger partial charge in [-0.05, 0) is 63.2 Å². The van der Waals surface area contributed by atoms with Gasteiger partial charge in [-0.1, -0.05) is 27.7 Å². The Morgan fingerprint density at radius 1 is 0.682 bits per heavy atom. The Balaban J connectivity index is 0.000000240. The first-order chi connectivity index (χ1) is 20.4. The fourth-order valence-electron chi connectivity index (χ4n) is 6.22. The van der Waals surface area contributed by atoms with Gasteiger partial charge >= 0.3 is 11.9 Å². The van der Waals surface area contributed by atoms with Crippen molar-refractivity contribution in [1.82, 2.24) is 30.9 Å². The maximum Gasteiger partial charge on any atom is 0.329 e. The van der Waals surface area contributed by atoms with Crippen LogP contribution in [0.4, 0.5) is 0 Å². The number of hydrogen-bond donors (Lipinski definition) is 6. The molecule has 4 aliphatic rings. The summed E-state index contributed by atoms with van der Waals surface area (Å²) in [7, 11) is 10.6. The third-order valence-electron chi connectivity index (χ3n) is 9.51. The number of carboxylic acids is 2. The summed E-state index contributed by atoms with van der Waals surface area (Å²) in [6.45, 7) is 11.7. The van der Waals surface area contributed by atoms with Gasteiger partial charge in [-0.2, -0.15) is 0 Å². The van der Waals surface area contributed by atoms with Crippen molar-refractivity contribution in [1.29, 1.82) is 0 Å². The summed E-state index contributed by atoms with van der Waals surface area (Å²) in [6.07, 6.45) is 1.90. The molecule has 240 valence electrons. The zero-order valence-electron chi connectivity index (χ0n) is 26.3. The summed E-state index contributed by atoms with van der Waals surface area (Å²) in [5, 5.41) is 28.6. The number of nitrogens with zero attached hydrogens (tertiary/aromatic N) is 2. The van der Waals surface area contributed by atoms with E-state index in [2.05, 4.69) is 21.1 Å². The van der Waals surface area contributed by atoms with Gasteiger partial charge in [0.15, 0.2) is 16.0 Å². The van der Waals surface area contributed by atoms with Crippen molar-refractivity contribution in [3.8, 4) is 0 Å². The van der Waals surface area contributed by atoms with Gasteiger partial charge in [0.25, 0.3) is 0 Å². The topological polar surface area (TPSA) is 197 Å². The number of nitrogens with one attached hydrogen (secondary N) is 4. The largest absolute Gasteiger partial charge is 0.479 e. The number of aliphatic carboxylic acids is 2. The molecule has 10 atom stereocenters. The highest BCUT2D eigenvalue weighted by atomic mass is 16.4. The number of rotatable bonds is 10. The van der Waals surface area contributed by atoms with Crippen molar-refractivity contribution in [3.05, 3.63) is 0 Å². The zero-order valence-corrected chi connectivity index (χ0v) is 26.3. The van der Waals surface area contributed by atoms with Gasteiger partial charge < -0.3 is 41.1 Å². The lowest BCUT2D eigenvalue weighted by atomic mass is 10.1. The van der Waals surface area contributed by atoms with E-state index in [9.17, 15) is 39.0 Å². The van der Waals surface area contributed by atoms with Crippen LogP contribution < -0.4 is 21.1 Å². The van der Waals surface area contributed by atoms with Crippen LogP contribution in [-0.2, 0) is 28.8 Å². The molecule has 0 aromatic heterocycles. The van der Waals surface area contributed by atoms with Crippen LogP contribution in [0.2, 0.25) is 0 Å². The molecular formula is C28H44B2N6O8. The monoisotopic (exact) mass is 614 g/mol. The second-order valence-corrected chi connectivity index (χ2v) is 13.2. The van der Waals surface area contributed by atoms with Crippen LogP contribution in [0.5, 0.6) is 0 Å². The van der Waals surface area contributed by atoms with E-state index in [0.29, 0.717) is 38.8 Å². The molecule has 0 aromatic carbocycles. The van der Waals surface area contributed by atoms with Gasteiger partial charge in [-0.3, -0.25) is 19.2 Å². The number of amides is 4. The average molecular weight is 614 g/mol. The maximum absolute atomic E-state index is 12.5. The summed E-state index contributed by atoms with van der Waals surface area (Å²) < 4.78 is 0. The molecule has 2 heterocycles. The van der Waals surface area contributed by atoms with Crippen molar-refractivity contribution in [2.45, 2.75) is 102 Å². The van der Waals surface area contributed by atoms with Crippen molar-refractivity contribution in [2.24, 2.45) is 23.7 Å². The molecule has 16 heteroatoms. The second-order valence-electron chi connectivity index (χ2n) is 13.2. The standard InChI is InChI=1S/2C14H22BN3O4/c2*1-7-4-10(18(6-7)12(20)9(3)17-15)11(19)16-14(13(21)22)5-8(14)2/h2*7-10,17H,4-6H2,1-3H3,(H,16,19)(H,21,22)/t2*7-,8?,9+,10+,14?/m11/s1. The number of carbonyl (C=O) groups is 6. The van der Waals surface area contributed by atoms with Gasteiger partial charge in [-0.15, -0.1) is 0 Å². The first-order valence-corrected chi connectivity index (χ1v) is 15.1. The first-order valence-electron chi connectivity index (χ1n) is 15.1. The molecular weight excluding hydrogens is 570 g/mol. The first kappa shape index (κ1) is 35.3. The second kappa shape index (κ2) is 13.5. The summed E-state index contributed by atoms with van der Waals surface area (Å²) in [6, 6.07) is -2.45. The predicted octanol–water partition coefficient (Wildman–Crippen LogP) is -1.47. The minimum absolute atomic E-state index is 0.0958. The van der Waals surface area contributed by atoms with E-state index in [-0.39, 0.29) is 35.5 Å². The van der Waals surface area contributed by atoms with Crippen molar-refractivity contribution in [2.75, 3.05) is 13.1 Å². The van der Waals surface area contributed by atoms with Gasteiger partial charge in [0.1, 0.15) is 23.2 Å².